The smallest absolute Gasteiger partial charge is 0.398 e. The van der Waals surface area contributed by atoms with Gasteiger partial charge in [0, 0.05) is 49.9 Å². The Bertz CT molecular complexity index is 1440. The second kappa shape index (κ2) is 9.87. The fraction of sp³-hybridized carbons (Fsp3) is 0.357. The van der Waals surface area contributed by atoms with Crippen LogP contribution in [0.4, 0.5) is 18.9 Å². The predicted molar refractivity (Wildman–Crippen MR) is 139 cm³/mol. The molecule has 0 aliphatic carbocycles. The Morgan fingerprint density at radius 2 is 1.87 bits per heavy atom. The Hall–Kier alpha value is -4.15. The van der Waals surface area contributed by atoms with Crippen LogP contribution < -0.4 is 5.73 Å². The summed E-state index contributed by atoms with van der Waals surface area (Å²) in [6, 6.07) is 8.29. The van der Waals surface area contributed by atoms with E-state index in [1.807, 2.05) is 16.8 Å². The first-order valence-electron chi connectivity index (χ1n) is 12.8. The highest BCUT2D eigenvalue weighted by atomic mass is 19.4. The Kier molecular flexibility index (Phi) is 6.69. The van der Waals surface area contributed by atoms with E-state index in [2.05, 4.69) is 37.5 Å². The van der Waals surface area contributed by atoms with Crippen molar-refractivity contribution < 1.29 is 22.8 Å². The van der Waals surface area contributed by atoms with Crippen molar-refractivity contribution in [3.05, 3.63) is 83.0 Å². The van der Waals surface area contributed by atoms with Gasteiger partial charge in [0.05, 0.1) is 28.7 Å². The summed E-state index contributed by atoms with van der Waals surface area (Å²) in [4.78, 5) is 32.9. The largest absolute Gasteiger partial charge is 0.433 e. The van der Waals surface area contributed by atoms with E-state index in [-0.39, 0.29) is 30.2 Å². The quantitative estimate of drug-likeness (QED) is 0.500. The highest BCUT2D eigenvalue weighted by Gasteiger charge is 2.41. The average Bonchev–Trinajstić information content (AvgIpc) is 3.17. The van der Waals surface area contributed by atoms with Gasteiger partial charge >= 0.3 is 6.18 Å². The lowest BCUT2D eigenvalue weighted by Crippen LogP contribution is -2.46. The van der Waals surface area contributed by atoms with E-state index < -0.39 is 23.8 Å². The van der Waals surface area contributed by atoms with Gasteiger partial charge in [-0.05, 0) is 35.8 Å². The molecule has 1 unspecified atom stereocenters. The van der Waals surface area contributed by atoms with Crippen molar-refractivity contribution in [3.8, 4) is 5.69 Å². The molecule has 5 rings (SSSR count). The van der Waals surface area contributed by atoms with Crippen LogP contribution in [-0.4, -0.2) is 56.0 Å². The summed E-state index contributed by atoms with van der Waals surface area (Å²) < 4.78 is 41.3. The Balaban J connectivity index is 1.56. The summed E-state index contributed by atoms with van der Waals surface area (Å²) in [6.07, 6.45) is -1.62. The van der Waals surface area contributed by atoms with Gasteiger partial charge in [-0.25, -0.2) is 4.68 Å². The van der Waals surface area contributed by atoms with Crippen LogP contribution in [0.25, 0.3) is 5.69 Å². The standard InChI is InChI=1S/C28H29F3N6O2/c1-4-25(38)35-11-9-21-26-22(37(34-21)18-7-5-17(6-8-18)16(2)3)10-12-36(23(26)15-35)27(39)19-14-33-24(13-20(19)32)28(29,30)31/h4-8,13-14,16,23H,1,9-12,15H2,2-3H3,(H2,32,33). The number of alkyl halides is 3. The minimum absolute atomic E-state index is 0.115. The van der Waals surface area contributed by atoms with Gasteiger partial charge in [0.1, 0.15) is 5.69 Å². The van der Waals surface area contributed by atoms with Crippen molar-refractivity contribution in [2.24, 2.45) is 0 Å². The van der Waals surface area contributed by atoms with Crippen molar-refractivity contribution >= 4 is 17.5 Å². The van der Waals surface area contributed by atoms with Crippen molar-refractivity contribution in [1.82, 2.24) is 24.6 Å². The number of carbonyl (C=O) groups excluding carboxylic acids is 2. The lowest BCUT2D eigenvalue weighted by atomic mass is 9.94. The van der Waals surface area contributed by atoms with E-state index >= 15 is 0 Å². The zero-order chi connectivity index (χ0) is 28.1. The number of hydrogen-bond donors (Lipinski definition) is 1. The van der Waals surface area contributed by atoms with Gasteiger partial charge in [-0.15, -0.1) is 0 Å². The van der Waals surface area contributed by atoms with Gasteiger partial charge in [0.2, 0.25) is 5.91 Å². The van der Waals surface area contributed by atoms with Crippen molar-refractivity contribution in [2.45, 2.75) is 44.8 Å². The second-order valence-electron chi connectivity index (χ2n) is 10.1. The van der Waals surface area contributed by atoms with E-state index in [0.29, 0.717) is 31.4 Å². The number of nitrogen functional groups attached to an aromatic ring is 1. The summed E-state index contributed by atoms with van der Waals surface area (Å²) in [7, 11) is 0. The number of carbonyl (C=O) groups is 2. The molecular weight excluding hydrogens is 509 g/mol. The Labute approximate surface area is 223 Å². The van der Waals surface area contributed by atoms with Crippen LogP contribution in [0.5, 0.6) is 0 Å². The van der Waals surface area contributed by atoms with E-state index in [9.17, 15) is 22.8 Å². The number of amides is 2. The van der Waals surface area contributed by atoms with Crippen LogP contribution in [0.15, 0.2) is 49.2 Å². The van der Waals surface area contributed by atoms with E-state index in [0.717, 1.165) is 28.8 Å². The number of halogens is 3. The number of rotatable bonds is 4. The average molecular weight is 539 g/mol. The third kappa shape index (κ3) is 4.77. The molecule has 4 heterocycles. The number of aromatic nitrogens is 3. The zero-order valence-corrected chi connectivity index (χ0v) is 21.7. The molecule has 39 heavy (non-hydrogen) atoms. The van der Waals surface area contributed by atoms with Crippen LogP contribution in [0.3, 0.4) is 0 Å². The molecule has 8 nitrogen and oxygen atoms in total. The van der Waals surface area contributed by atoms with Crippen LogP contribution >= 0.6 is 0 Å². The topological polar surface area (TPSA) is 97.4 Å². The maximum atomic E-state index is 13.7. The van der Waals surface area contributed by atoms with Crippen LogP contribution in [-0.2, 0) is 23.8 Å². The van der Waals surface area contributed by atoms with Gasteiger partial charge in [0.15, 0.2) is 0 Å². The minimum Gasteiger partial charge on any atom is -0.398 e. The summed E-state index contributed by atoms with van der Waals surface area (Å²) in [5.41, 5.74) is 9.02. The number of nitrogens with two attached hydrogens (primary N) is 1. The van der Waals surface area contributed by atoms with Gasteiger partial charge in [-0.2, -0.15) is 18.3 Å². The summed E-state index contributed by atoms with van der Waals surface area (Å²) in [5, 5.41) is 4.91. The van der Waals surface area contributed by atoms with E-state index in [4.69, 9.17) is 10.8 Å². The predicted octanol–water partition coefficient (Wildman–Crippen LogP) is 4.30. The van der Waals surface area contributed by atoms with Crippen LogP contribution in [0, 0.1) is 0 Å². The second-order valence-corrected chi connectivity index (χ2v) is 10.1. The number of hydrogen-bond acceptors (Lipinski definition) is 5. The normalized spacial score (nSPS) is 17.1. The minimum atomic E-state index is -4.68. The molecule has 0 bridgehead atoms. The fourth-order valence-corrected chi connectivity index (χ4v) is 5.34. The highest BCUT2D eigenvalue weighted by Crippen LogP contribution is 2.38. The molecule has 1 atom stereocenters. The van der Waals surface area contributed by atoms with Crippen LogP contribution in [0.1, 0.15) is 64.4 Å². The monoisotopic (exact) mass is 538 g/mol. The molecule has 0 saturated heterocycles. The molecule has 3 aromatic rings. The zero-order valence-electron chi connectivity index (χ0n) is 21.7. The lowest BCUT2D eigenvalue weighted by Gasteiger charge is -2.38. The third-order valence-corrected chi connectivity index (χ3v) is 7.42. The SMILES string of the molecule is C=CC(=O)N1CCc2nn(-c3ccc(C(C)C)cc3)c3c2C(C1)N(C(=O)c1cnc(C(F)(F)F)cc1N)CC3. The molecule has 11 heteroatoms. The first-order chi connectivity index (χ1) is 18.5. The molecule has 0 saturated carbocycles. The Morgan fingerprint density at radius 1 is 1.15 bits per heavy atom. The third-order valence-electron chi connectivity index (χ3n) is 7.42. The molecular formula is C28H29F3N6O2. The van der Waals surface area contributed by atoms with Gasteiger partial charge in [-0.3, -0.25) is 14.6 Å². The van der Waals surface area contributed by atoms with Crippen molar-refractivity contribution in [1.29, 1.82) is 0 Å². The maximum absolute atomic E-state index is 13.7. The van der Waals surface area contributed by atoms with Crippen molar-refractivity contribution in [3.63, 3.8) is 0 Å². The van der Waals surface area contributed by atoms with Crippen molar-refractivity contribution in [2.75, 3.05) is 25.4 Å². The number of pyridine rings is 1. The number of nitrogens with zero attached hydrogens (tertiary/aromatic N) is 5. The summed E-state index contributed by atoms with van der Waals surface area (Å²) in [6.45, 7) is 8.70. The number of anilines is 1. The lowest BCUT2D eigenvalue weighted by molar-refractivity contribution is -0.141. The molecule has 2 aliphatic heterocycles. The summed E-state index contributed by atoms with van der Waals surface area (Å²) >= 11 is 0. The molecule has 0 radical (unpaired) electrons. The molecule has 0 fully saturated rings. The molecule has 2 aliphatic rings. The summed E-state index contributed by atoms with van der Waals surface area (Å²) in [5.74, 6) is -0.430. The van der Waals surface area contributed by atoms with Crippen LogP contribution in [0.2, 0.25) is 0 Å². The van der Waals surface area contributed by atoms with E-state index in [1.54, 1.807) is 9.80 Å². The first kappa shape index (κ1) is 26.5. The maximum Gasteiger partial charge on any atom is 0.433 e. The molecule has 0 spiro atoms. The fourth-order valence-electron chi connectivity index (χ4n) is 5.34. The molecule has 204 valence electrons. The Morgan fingerprint density at radius 3 is 2.49 bits per heavy atom. The first-order valence-corrected chi connectivity index (χ1v) is 12.8. The molecule has 2 amide bonds. The molecule has 1 aromatic carbocycles. The van der Waals surface area contributed by atoms with Gasteiger partial charge in [0.25, 0.3) is 5.91 Å². The van der Waals surface area contributed by atoms with E-state index in [1.165, 1.54) is 11.6 Å². The number of benzene rings is 1. The van der Waals surface area contributed by atoms with Gasteiger partial charge in [-0.1, -0.05) is 32.6 Å². The highest BCUT2D eigenvalue weighted by molar-refractivity contribution is 5.99. The molecule has 2 aromatic heterocycles. The van der Waals surface area contributed by atoms with Gasteiger partial charge < -0.3 is 15.5 Å². The molecule has 2 N–H and O–H groups in total.